The molecule has 4 aliphatic carbocycles. The SMILES string of the molecule is O=C(CSc1nnc(C23CC4CC(CC(C4)C2)C3)o1)NC(=O)c1cccs1. The molecule has 2 heterocycles. The van der Waals surface area contributed by atoms with Gasteiger partial charge in [-0.05, 0) is 67.7 Å². The van der Waals surface area contributed by atoms with E-state index in [-0.39, 0.29) is 23.0 Å². The van der Waals surface area contributed by atoms with E-state index < -0.39 is 0 Å². The van der Waals surface area contributed by atoms with Gasteiger partial charge in [0.2, 0.25) is 11.8 Å². The van der Waals surface area contributed by atoms with E-state index in [2.05, 4.69) is 15.5 Å². The van der Waals surface area contributed by atoms with Gasteiger partial charge >= 0.3 is 0 Å². The Kier molecular flexibility index (Phi) is 4.35. The van der Waals surface area contributed by atoms with Crippen LogP contribution in [0.3, 0.4) is 0 Å². The van der Waals surface area contributed by atoms with Crippen molar-refractivity contribution in [2.24, 2.45) is 17.8 Å². The molecule has 0 aliphatic heterocycles. The lowest BCUT2D eigenvalue weighted by Crippen LogP contribution is -2.48. The number of hydrogen-bond acceptors (Lipinski definition) is 7. The number of nitrogens with one attached hydrogen (secondary N) is 1. The van der Waals surface area contributed by atoms with Crippen molar-refractivity contribution in [3.8, 4) is 0 Å². The minimum atomic E-state index is -0.365. The van der Waals surface area contributed by atoms with Gasteiger partial charge < -0.3 is 4.42 Å². The first-order valence-electron chi connectivity index (χ1n) is 9.44. The van der Waals surface area contributed by atoms with Crippen molar-refractivity contribution in [3.63, 3.8) is 0 Å². The van der Waals surface area contributed by atoms with Gasteiger partial charge in [0, 0.05) is 5.41 Å². The van der Waals surface area contributed by atoms with Crippen LogP contribution in [0, 0.1) is 17.8 Å². The molecule has 1 N–H and O–H groups in total. The Balaban J connectivity index is 1.20. The fraction of sp³-hybridized carbons (Fsp3) is 0.579. The van der Waals surface area contributed by atoms with E-state index in [9.17, 15) is 9.59 Å². The van der Waals surface area contributed by atoms with Crippen LogP contribution in [-0.2, 0) is 10.2 Å². The fourth-order valence-corrected chi connectivity index (χ4v) is 6.80. The third kappa shape index (κ3) is 3.33. The molecule has 6 nitrogen and oxygen atoms in total. The highest BCUT2D eigenvalue weighted by Gasteiger charge is 2.54. The lowest BCUT2D eigenvalue weighted by atomic mass is 9.49. The summed E-state index contributed by atoms with van der Waals surface area (Å²) in [6, 6.07) is 3.47. The molecule has 2 amide bonds. The Hall–Kier alpha value is -1.67. The minimum Gasteiger partial charge on any atom is -0.415 e. The van der Waals surface area contributed by atoms with Crippen LogP contribution in [0.25, 0.3) is 0 Å². The lowest BCUT2D eigenvalue weighted by Gasteiger charge is -2.55. The quantitative estimate of drug-likeness (QED) is 0.767. The highest BCUT2D eigenvalue weighted by atomic mass is 32.2. The highest BCUT2D eigenvalue weighted by molar-refractivity contribution is 7.99. The predicted octanol–water partition coefficient (Wildman–Crippen LogP) is 3.65. The van der Waals surface area contributed by atoms with E-state index in [0.717, 1.165) is 23.6 Å². The highest BCUT2D eigenvalue weighted by Crippen LogP contribution is 2.60. The summed E-state index contributed by atoms with van der Waals surface area (Å²) >= 11 is 2.50. The smallest absolute Gasteiger partial charge is 0.277 e. The molecule has 4 aliphatic rings. The summed E-state index contributed by atoms with van der Waals surface area (Å²) < 4.78 is 5.97. The molecular formula is C19H21N3O3S2. The van der Waals surface area contributed by atoms with E-state index in [1.165, 1.54) is 61.6 Å². The number of imide groups is 1. The van der Waals surface area contributed by atoms with Gasteiger partial charge in [0.25, 0.3) is 11.1 Å². The van der Waals surface area contributed by atoms with Gasteiger partial charge in [-0.1, -0.05) is 17.8 Å². The lowest BCUT2D eigenvalue weighted by molar-refractivity contribution is -0.117. The number of nitrogens with zero attached hydrogens (tertiary/aromatic N) is 2. The third-order valence-corrected chi connectivity index (χ3v) is 7.91. The van der Waals surface area contributed by atoms with Crippen molar-refractivity contribution in [1.82, 2.24) is 15.5 Å². The van der Waals surface area contributed by atoms with Crippen molar-refractivity contribution in [2.45, 2.75) is 49.2 Å². The van der Waals surface area contributed by atoms with Gasteiger partial charge in [0.1, 0.15) is 0 Å². The van der Waals surface area contributed by atoms with Gasteiger partial charge in [-0.2, -0.15) is 0 Å². The van der Waals surface area contributed by atoms with Crippen LogP contribution in [-0.4, -0.2) is 27.8 Å². The molecule has 4 bridgehead atoms. The molecule has 0 aromatic carbocycles. The molecule has 2 aromatic heterocycles. The summed E-state index contributed by atoms with van der Waals surface area (Å²) in [4.78, 5) is 24.4. The van der Waals surface area contributed by atoms with Crippen LogP contribution in [0.2, 0.25) is 0 Å². The normalized spacial score (nSPS) is 31.2. The van der Waals surface area contributed by atoms with Crippen LogP contribution in [0.15, 0.2) is 27.2 Å². The second-order valence-corrected chi connectivity index (χ2v) is 10.1. The summed E-state index contributed by atoms with van der Waals surface area (Å²) in [5.41, 5.74) is 0.0674. The molecule has 0 unspecified atom stereocenters. The number of carbonyl (C=O) groups is 2. The van der Waals surface area contributed by atoms with E-state index in [1.54, 1.807) is 17.5 Å². The predicted molar refractivity (Wildman–Crippen MR) is 102 cm³/mol. The van der Waals surface area contributed by atoms with Crippen molar-refractivity contribution in [2.75, 3.05) is 5.75 Å². The molecular weight excluding hydrogens is 382 g/mol. The molecule has 0 atom stereocenters. The van der Waals surface area contributed by atoms with Crippen LogP contribution < -0.4 is 5.32 Å². The average molecular weight is 404 g/mol. The third-order valence-electron chi connectivity index (χ3n) is 6.22. The van der Waals surface area contributed by atoms with Crippen LogP contribution in [0.4, 0.5) is 0 Å². The van der Waals surface area contributed by atoms with Gasteiger partial charge in [-0.25, -0.2) is 0 Å². The van der Waals surface area contributed by atoms with E-state index in [1.807, 2.05) is 0 Å². The van der Waals surface area contributed by atoms with Gasteiger partial charge in [-0.15, -0.1) is 21.5 Å². The van der Waals surface area contributed by atoms with Gasteiger partial charge in [0.05, 0.1) is 10.6 Å². The molecule has 27 heavy (non-hydrogen) atoms. The van der Waals surface area contributed by atoms with E-state index in [4.69, 9.17) is 4.42 Å². The Labute approximate surface area is 165 Å². The Morgan fingerprint density at radius 3 is 2.52 bits per heavy atom. The first-order chi connectivity index (χ1) is 13.1. The summed E-state index contributed by atoms with van der Waals surface area (Å²) in [5.74, 6) is 2.57. The maximum absolute atomic E-state index is 12.0. The zero-order chi connectivity index (χ0) is 18.4. The summed E-state index contributed by atoms with van der Waals surface area (Å²) in [5, 5.41) is 13.1. The topological polar surface area (TPSA) is 85.1 Å². The zero-order valence-corrected chi connectivity index (χ0v) is 16.5. The summed E-state index contributed by atoms with van der Waals surface area (Å²) in [6.07, 6.45) is 7.61. The Morgan fingerprint density at radius 1 is 1.19 bits per heavy atom. The minimum absolute atomic E-state index is 0.0674. The van der Waals surface area contributed by atoms with Crippen molar-refractivity contribution < 1.29 is 14.0 Å². The first kappa shape index (κ1) is 17.4. The molecule has 6 rings (SSSR count). The molecule has 2 aromatic rings. The van der Waals surface area contributed by atoms with Crippen LogP contribution in [0.1, 0.15) is 54.1 Å². The van der Waals surface area contributed by atoms with Crippen molar-refractivity contribution >= 4 is 34.9 Å². The first-order valence-corrected chi connectivity index (χ1v) is 11.3. The number of thiophene rings is 1. The molecule has 0 spiro atoms. The standard InChI is InChI=1S/C19H21N3O3S2/c23-15(20-16(24)14-2-1-3-26-14)10-27-18-22-21-17(25-18)19-7-11-4-12(8-19)6-13(5-11)9-19/h1-3,11-13H,4-10H2,(H,20,23,24). The fourth-order valence-electron chi connectivity index (χ4n) is 5.61. The largest absolute Gasteiger partial charge is 0.415 e. The number of thioether (sulfide) groups is 1. The molecule has 0 radical (unpaired) electrons. The average Bonchev–Trinajstić information content (AvgIpc) is 3.31. The van der Waals surface area contributed by atoms with Crippen molar-refractivity contribution in [1.29, 1.82) is 0 Å². The van der Waals surface area contributed by atoms with Crippen LogP contribution in [0.5, 0.6) is 0 Å². The number of aromatic nitrogens is 2. The van der Waals surface area contributed by atoms with E-state index >= 15 is 0 Å². The van der Waals surface area contributed by atoms with Crippen LogP contribution >= 0.6 is 23.1 Å². The molecule has 142 valence electrons. The van der Waals surface area contributed by atoms with Gasteiger partial charge in [0.15, 0.2) is 0 Å². The van der Waals surface area contributed by atoms with Crippen molar-refractivity contribution in [3.05, 3.63) is 28.3 Å². The second-order valence-electron chi connectivity index (χ2n) is 8.21. The molecule has 4 fully saturated rings. The Morgan fingerprint density at radius 2 is 1.89 bits per heavy atom. The van der Waals surface area contributed by atoms with E-state index in [0.29, 0.717) is 10.1 Å². The Bertz CT molecular complexity index is 826. The second kappa shape index (κ2) is 6.74. The molecule has 4 saturated carbocycles. The maximum atomic E-state index is 12.0. The zero-order valence-electron chi connectivity index (χ0n) is 14.8. The molecule has 8 heteroatoms. The molecule has 0 saturated heterocycles. The number of hydrogen-bond donors (Lipinski definition) is 1. The monoisotopic (exact) mass is 403 g/mol. The number of rotatable bonds is 5. The summed E-state index contributed by atoms with van der Waals surface area (Å²) in [6.45, 7) is 0. The number of amides is 2. The van der Waals surface area contributed by atoms with Gasteiger partial charge in [-0.3, -0.25) is 14.9 Å². The maximum Gasteiger partial charge on any atom is 0.277 e. The number of carbonyl (C=O) groups excluding carboxylic acids is 2. The summed E-state index contributed by atoms with van der Waals surface area (Å²) in [7, 11) is 0.